The van der Waals surface area contributed by atoms with Gasteiger partial charge in [0.05, 0.1) is 29.9 Å². The molecular formula is C33H36FN2NaO5. The molecule has 1 amide bonds. The average Bonchev–Trinajstić information content (AvgIpc) is 3.28. The van der Waals surface area contributed by atoms with Gasteiger partial charge in [-0.3, -0.25) is 9.59 Å². The van der Waals surface area contributed by atoms with Crippen molar-refractivity contribution < 1.29 is 29.3 Å². The summed E-state index contributed by atoms with van der Waals surface area (Å²) in [5.41, 5.74) is 4.77. The fraction of sp³-hybridized carbons (Fsp3) is 0.273. The molecule has 0 radical (unpaired) electrons. The minimum absolute atomic E-state index is 0. The first-order chi connectivity index (χ1) is 19.7. The number of anilines is 1. The van der Waals surface area contributed by atoms with Crippen LogP contribution in [0.15, 0.2) is 84.9 Å². The van der Waals surface area contributed by atoms with Crippen LogP contribution in [0.1, 0.15) is 55.1 Å². The molecule has 2 atom stereocenters. The maximum atomic E-state index is 14.0. The first kappa shape index (κ1) is 33.2. The number of nitrogens with zero attached hydrogens (tertiary/aromatic N) is 1. The van der Waals surface area contributed by atoms with Gasteiger partial charge in [0, 0.05) is 23.5 Å². The molecule has 3 aromatic carbocycles. The van der Waals surface area contributed by atoms with E-state index in [1.54, 1.807) is 12.1 Å². The number of aliphatic carboxylic acids is 1. The van der Waals surface area contributed by atoms with Gasteiger partial charge in [0.1, 0.15) is 5.82 Å². The molecule has 7 nitrogen and oxygen atoms in total. The number of carboxylic acids is 1. The van der Waals surface area contributed by atoms with E-state index in [1.165, 1.54) is 12.1 Å². The summed E-state index contributed by atoms with van der Waals surface area (Å²) in [4.78, 5) is 25.0. The third-order valence-corrected chi connectivity index (χ3v) is 6.93. The number of nitrogens with one attached hydrogen (secondary N) is 1. The number of benzene rings is 3. The number of carbonyl (C=O) groups excluding carboxylic acids is 1. The first-order valence-electron chi connectivity index (χ1n) is 13.7. The Kier molecular flexibility index (Phi) is 12.1. The van der Waals surface area contributed by atoms with E-state index in [0.717, 1.165) is 11.3 Å². The van der Waals surface area contributed by atoms with E-state index < -0.39 is 24.6 Å². The summed E-state index contributed by atoms with van der Waals surface area (Å²) in [5, 5.41) is 32.8. The van der Waals surface area contributed by atoms with E-state index in [0.29, 0.717) is 28.1 Å². The van der Waals surface area contributed by atoms with Crippen molar-refractivity contribution in [3.63, 3.8) is 0 Å². The van der Waals surface area contributed by atoms with E-state index >= 15 is 0 Å². The van der Waals surface area contributed by atoms with Gasteiger partial charge in [-0.05, 0) is 66.3 Å². The number of carbonyl (C=O) groups is 2. The zero-order valence-electron chi connectivity index (χ0n) is 23.1. The van der Waals surface area contributed by atoms with E-state index in [2.05, 4.69) is 5.32 Å². The first-order valence-corrected chi connectivity index (χ1v) is 13.7. The van der Waals surface area contributed by atoms with Gasteiger partial charge in [0.15, 0.2) is 0 Å². The van der Waals surface area contributed by atoms with Crippen LogP contribution in [0.4, 0.5) is 10.1 Å². The monoisotopic (exact) mass is 582 g/mol. The van der Waals surface area contributed by atoms with Crippen LogP contribution in [0, 0.1) is 5.82 Å². The van der Waals surface area contributed by atoms with E-state index in [4.69, 9.17) is 5.11 Å². The molecule has 9 heteroatoms. The SMILES string of the molecule is CC(C)c1c(C(=O)Nc2ccccc2)c(-c2ccccc2)c(-c2ccc(F)cc2)n1CC[C@@H](O)C[C@@H](O)CC(=O)O.[NaH]. The van der Waals surface area contributed by atoms with Crippen molar-refractivity contribution in [2.45, 2.75) is 57.8 Å². The van der Waals surface area contributed by atoms with Crippen LogP contribution in [0.3, 0.4) is 0 Å². The summed E-state index contributed by atoms with van der Waals surface area (Å²) in [6.07, 6.45) is -2.51. The molecule has 0 bridgehead atoms. The number of para-hydroxylation sites is 1. The van der Waals surface area contributed by atoms with Gasteiger partial charge in [-0.1, -0.05) is 62.4 Å². The quantitative estimate of drug-likeness (QED) is 0.161. The number of hydrogen-bond acceptors (Lipinski definition) is 4. The van der Waals surface area contributed by atoms with Gasteiger partial charge >= 0.3 is 35.5 Å². The van der Waals surface area contributed by atoms with Crippen molar-refractivity contribution in [2.24, 2.45) is 0 Å². The van der Waals surface area contributed by atoms with Crippen LogP contribution in [0.25, 0.3) is 22.4 Å². The molecule has 42 heavy (non-hydrogen) atoms. The Balaban J connectivity index is 0.00000484. The molecule has 0 spiro atoms. The Morgan fingerprint density at radius 1 is 0.857 bits per heavy atom. The third-order valence-electron chi connectivity index (χ3n) is 6.93. The molecule has 1 aromatic heterocycles. The Bertz CT molecular complexity index is 1470. The van der Waals surface area contributed by atoms with Gasteiger partial charge in [0.2, 0.25) is 0 Å². The second kappa shape index (κ2) is 15.3. The van der Waals surface area contributed by atoms with Crippen LogP contribution in [-0.4, -0.2) is 73.5 Å². The number of hydrogen-bond donors (Lipinski definition) is 4. The number of aromatic nitrogens is 1. The molecule has 216 valence electrons. The molecule has 0 aliphatic heterocycles. The van der Waals surface area contributed by atoms with Crippen molar-refractivity contribution in [1.82, 2.24) is 4.57 Å². The molecule has 4 N–H and O–H groups in total. The molecule has 0 aliphatic carbocycles. The van der Waals surface area contributed by atoms with Gasteiger partial charge in [-0.25, -0.2) is 4.39 Å². The molecule has 0 fully saturated rings. The minimum atomic E-state index is -1.18. The molecule has 4 aromatic rings. The number of carboxylic acid groups (broad SMARTS) is 1. The predicted octanol–water partition coefficient (Wildman–Crippen LogP) is 5.67. The maximum absolute atomic E-state index is 14.0. The molecule has 4 rings (SSSR count). The topological polar surface area (TPSA) is 112 Å². The van der Waals surface area contributed by atoms with Crippen LogP contribution in [-0.2, 0) is 11.3 Å². The van der Waals surface area contributed by atoms with Crippen molar-refractivity contribution in [3.8, 4) is 22.4 Å². The molecular weight excluding hydrogens is 546 g/mol. The third kappa shape index (κ3) is 8.18. The van der Waals surface area contributed by atoms with Crippen molar-refractivity contribution in [1.29, 1.82) is 0 Å². The Morgan fingerprint density at radius 2 is 1.45 bits per heavy atom. The molecule has 1 heterocycles. The van der Waals surface area contributed by atoms with Gasteiger partial charge in [-0.2, -0.15) is 0 Å². The summed E-state index contributed by atoms with van der Waals surface area (Å²) >= 11 is 0. The van der Waals surface area contributed by atoms with E-state index in [1.807, 2.05) is 79.1 Å². The summed E-state index contributed by atoms with van der Waals surface area (Å²) in [6, 6.07) is 24.8. The number of aliphatic hydroxyl groups is 2. The van der Waals surface area contributed by atoms with Gasteiger partial charge in [0.25, 0.3) is 5.91 Å². The zero-order valence-corrected chi connectivity index (χ0v) is 23.1. The van der Waals surface area contributed by atoms with Crippen molar-refractivity contribution in [3.05, 3.63) is 102 Å². The predicted molar refractivity (Wildman–Crippen MR) is 164 cm³/mol. The Morgan fingerprint density at radius 3 is 2.02 bits per heavy atom. The number of halogens is 1. The summed E-state index contributed by atoms with van der Waals surface area (Å²) in [7, 11) is 0. The van der Waals surface area contributed by atoms with Gasteiger partial charge < -0.3 is 25.2 Å². The van der Waals surface area contributed by atoms with Crippen LogP contribution >= 0.6 is 0 Å². The number of rotatable bonds is 12. The molecule has 0 aliphatic rings. The standard InChI is InChI=1S/C33H35FN2O5.Na.H/c1-21(2)31-30(33(41)35-25-11-7-4-8-12-25)29(22-9-5-3-6-10-22)32(23-13-15-24(34)16-14-23)36(31)18-17-26(37)19-27(38)20-28(39)40;;/h3-16,21,26-27,37-38H,17-20H2,1-2H3,(H,35,41)(H,39,40);;/t26-,27-;;/m1../s1. The Hall–Kier alpha value is -3.27. The Labute approximate surface area is 267 Å². The fourth-order valence-corrected chi connectivity index (χ4v) is 5.20. The van der Waals surface area contributed by atoms with E-state index in [9.17, 15) is 24.2 Å². The second-order valence-corrected chi connectivity index (χ2v) is 10.4. The fourth-order valence-electron chi connectivity index (χ4n) is 5.20. The summed E-state index contributed by atoms with van der Waals surface area (Å²) in [5.74, 6) is -1.93. The van der Waals surface area contributed by atoms with Crippen LogP contribution in [0.5, 0.6) is 0 Å². The van der Waals surface area contributed by atoms with Crippen LogP contribution in [0.2, 0.25) is 0 Å². The van der Waals surface area contributed by atoms with E-state index in [-0.39, 0.29) is 66.6 Å². The van der Waals surface area contributed by atoms with Crippen molar-refractivity contribution >= 4 is 47.1 Å². The molecule has 0 saturated heterocycles. The number of amides is 1. The molecule has 0 unspecified atom stereocenters. The summed E-state index contributed by atoms with van der Waals surface area (Å²) in [6.45, 7) is 4.25. The summed E-state index contributed by atoms with van der Waals surface area (Å²) < 4.78 is 16.0. The molecule has 0 saturated carbocycles. The van der Waals surface area contributed by atoms with Crippen molar-refractivity contribution in [2.75, 3.05) is 5.32 Å². The second-order valence-electron chi connectivity index (χ2n) is 10.4. The van der Waals surface area contributed by atoms with Gasteiger partial charge in [-0.15, -0.1) is 0 Å². The van der Waals surface area contributed by atoms with Crippen LogP contribution < -0.4 is 5.32 Å². The zero-order chi connectivity index (χ0) is 29.5. The average molecular weight is 583 g/mol. The normalized spacial score (nSPS) is 12.4. The number of aliphatic hydroxyl groups excluding tert-OH is 2.